The molecule has 0 saturated heterocycles. The van der Waals surface area contributed by atoms with Gasteiger partial charge >= 0.3 is 0 Å². The molecule has 0 aliphatic heterocycles. The summed E-state index contributed by atoms with van der Waals surface area (Å²) in [7, 11) is 1.69. The Kier molecular flexibility index (Phi) is 4.13. The lowest BCUT2D eigenvalue weighted by Crippen LogP contribution is -2.21. The average Bonchev–Trinajstić information content (AvgIpc) is 2.71. The van der Waals surface area contributed by atoms with E-state index in [0.717, 1.165) is 22.1 Å². The van der Waals surface area contributed by atoms with Crippen molar-refractivity contribution in [2.75, 3.05) is 7.05 Å². The summed E-state index contributed by atoms with van der Waals surface area (Å²) in [6.07, 6.45) is 0.749. The summed E-state index contributed by atoms with van der Waals surface area (Å²) in [5.74, 6) is 0. The van der Waals surface area contributed by atoms with Crippen LogP contribution in [0.4, 0.5) is 0 Å². The molecular formula is C11H10Br2N4O. The van der Waals surface area contributed by atoms with Gasteiger partial charge in [-0.15, -0.1) is 5.10 Å². The van der Waals surface area contributed by atoms with Gasteiger partial charge in [-0.1, -0.05) is 39.3 Å². The third-order valence-corrected chi connectivity index (χ3v) is 3.59. The molecule has 94 valence electrons. The van der Waals surface area contributed by atoms with Crippen LogP contribution >= 0.6 is 31.9 Å². The molecule has 1 aromatic carbocycles. The fraction of sp³-hybridized carbons (Fsp3) is 0.182. The molecule has 2 aromatic rings. The Labute approximate surface area is 121 Å². The van der Waals surface area contributed by atoms with Gasteiger partial charge in [0.2, 0.25) is 6.41 Å². The molecule has 7 heteroatoms. The highest BCUT2D eigenvalue weighted by molar-refractivity contribution is 9.11. The van der Waals surface area contributed by atoms with E-state index >= 15 is 0 Å². The second kappa shape index (κ2) is 5.62. The lowest BCUT2D eigenvalue weighted by atomic mass is 10.2. The first kappa shape index (κ1) is 13.2. The lowest BCUT2D eigenvalue weighted by Gasteiger charge is -2.13. The molecule has 1 amide bonds. The molecule has 0 aliphatic carbocycles. The smallest absolute Gasteiger partial charge is 0.210 e. The monoisotopic (exact) mass is 372 g/mol. The van der Waals surface area contributed by atoms with Crippen molar-refractivity contribution in [3.05, 3.63) is 33.3 Å². The second-order valence-electron chi connectivity index (χ2n) is 3.71. The van der Waals surface area contributed by atoms with Crippen LogP contribution in [-0.4, -0.2) is 33.4 Å². The van der Waals surface area contributed by atoms with E-state index in [1.807, 2.05) is 24.3 Å². The van der Waals surface area contributed by atoms with Crippen LogP contribution in [0.15, 0.2) is 33.3 Å². The Morgan fingerprint density at radius 1 is 1.39 bits per heavy atom. The van der Waals surface area contributed by atoms with Crippen LogP contribution in [0.5, 0.6) is 0 Å². The third kappa shape index (κ3) is 2.62. The molecule has 0 fully saturated rings. The number of rotatable bonds is 4. The fourth-order valence-electron chi connectivity index (χ4n) is 1.54. The highest BCUT2D eigenvalue weighted by Crippen LogP contribution is 2.32. The summed E-state index contributed by atoms with van der Waals surface area (Å²) < 4.78 is 3.26. The quantitative estimate of drug-likeness (QED) is 0.773. The van der Waals surface area contributed by atoms with Crippen molar-refractivity contribution in [1.82, 2.24) is 19.9 Å². The molecule has 0 N–H and O–H groups in total. The Morgan fingerprint density at radius 2 is 2.11 bits per heavy atom. The highest BCUT2D eigenvalue weighted by atomic mass is 79.9. The van der Waals surface area contributed by atoms with Crippen LogP contribution in [0.25, 0.3) is 11.3 Å². The molecule has 18 heavy (non-hydrogen) atoms. The molecule has 0 atom stereocenters. The molecule has 0 aliphatic rings. The predicted molar refractivity (Wildman–Crippen MR) is 74.7 cm³/mol. The number of hydrogen-bond acceptors (Lipinski definition) is 3. The zero-order valence-corrected chi connectivity index (χ0v) is 12.7. The van der Waals surface area contributed by atoms with E-state index in [-0.39, 0.29) is 0 Å². The Hall–Kier alpha value is -1.21. The summed E-state index contributed by atoms with van der Waals surface area (Å²) in [5.41, 5.74) is 1.80. The SMILES string of the molecule is CN(C=O)Cn1nnc(Br)c1-c1ccccc1Br. The maximum atomic E-state index is 10.7. The summed E-state index contributed by atoms with van der Waals surface area (Å²) in [5, 5.41) is 8.01. The number of carbonyl (C=O) groups excluding carboxylic acids is 1. The molecule has 1 heterocycles. The predicted octanol–water partition coefficient (Wildman–Crippen LogP) is 2.52. The minimum Gasteiger partial charge on any atom is -0.329 e. The van der Waals surface area contributed by atoms with E-state index in [2.05, 4.69) is 42.2 Å². The number of amides is 1. The van der Waals surface area contributed by atoms with Gasteiger partial charge in [0.25, 0.3) is 0 Å². The van der Waals surface area contributed by atoms with Crippen molar-refractivity contribution >= 4 is 38.3 Å². The molecule has 2 rings (SSSR count). The summed E-state index contributed by atoms with van der Waals surface area (Å²) in [6.45, 7) is 0.346. The van der Waals surface area contributed by atoms with Crippen molar-refractivity contribution in [2.24, 2.45) is 0 Å². The molecule has 1 aromatic heterocycles. The minimum atomic E-state index is 0.346. The molecular weight excluding hydrogens is 364 g/mol. The molecule has 5 nitrogen and oxygen atoms in total. The zero-order valence-electron chi connectivity index (χ0n) is 9.55. The van der Waals surface area contributed by atoms with Gasteiger partial charge in [-0.05, 0) is 22.0 Å². The van der Waals surface area contributed by atoms with Crippen LogP contribution in [-0.2, 0) is 11.5 Å². The van der Waals surface area contributed by atoms with E-state index in [0.29, 0.717) is 11.3 Å². The number of aromatic nitrogens is 3. The lowest BCUT2D eigenvalue weighted by molar-refractivity contribution is -0.118. The molecule has 0 saturated carbocycles. The Balaban J connectivity index is 2.47. The van der Waals surface area contributed by atoms with Gasteiger partial charge in [0.05, 0.1) is 0 Å². The molecule has 0 bridgehead atoms. The van der Waals surface area contributed by atoms with Crippen LogP contribution in [0.3, 0.4) is 0 Å². The van der Waals surface area contributed by atoms with Crippen molar-refractivity contribution in [3.63, 3.8) is 0 Å². The topological polar surface area (TPSA) is 51.0 Å². The van der Waals surface area contributed by atoms with Gasteiger partial charge in [0.1, 0.15) is 12.4 Å². The number of nitrogens with zero attached hydrogens (tertiary/aromatic N) is 4. The van der Waals surface area contributed by atoms with E-state index < -0.39 is 0 Å². The van der Waals surface area contributed by atoms with E-state index in [1.54, 1.807) is 11.7 Å². The molecule has 0 radical (unpaired) electrons. The average molecular weight is 374 g/mol. The standard InChI is InChI=1S/C11H10Br2N4O/c1-16(7-18)6-17-10(11(13)14-15-17)8-4-2-3-5-9(8)12/h2-5,7H,6H2,1H3. The normalized spacial score (nSPS) is 10.4. The van der Waals surface area contributed by atoms with E-state index in [4.69, 9.17) is 0 Å². The van der Waals surface area contributed by atoms with Gasteiger partial charge < -0.3 is 4.90 Å². The van der Waals surface area contributed by atoms with Crippen molar-refractivity contribution < 1.29 is 4.79 Å². The summed E-state index contributed by atoms with van der Waals surface area (Å²) in [6, 6.07) is 7.79. The fourth-order valence-corrected chi connectivity index (χ4v) is 2.50. The van der Waals surface area contributed by atoms with Crippen molar-refractivity contribution in [2.45, 2.75) is 6.67 Å². The number of hydrogen-bond donors (Lipinski definition) is 0. The number of benzene rings is 1. The number of halogens is 2. The van der Waals surface area contributed by atoms with Gasteiger partial charge in [-0.25, -0.2) is 4.68 Å². The highest BCUT2D eigenvalue weighted by Gasteiger charge is 2.15. The van der Waals surface area contributed by atoms with Crippen molar-refractivity contribution in [3.8, 4) is 11.3 Å². The van der Waals surface area contributed by atoms with Gasteiger partial charge in [0, 0.05) is 17.1 Å². The maximum Gasteiger partial charge on any atom is 0.210 e. The van der Waals surface area contributed by atoms with E-state index in [9.17, 15) is 4.79 Å². The van der Waals surface area contributed by atoms with Gasteiger partial charge in [-0.2, -0.15) is 0 Å². The third-order valence-electron chi connectivity index (χ3n) is 2.36. The zero-order chi connectivity index (χ0) is 13.1. The van der Waals surface area contributed by atoms with Crippen molar-refractivity contribution in [1.29, 1.82) is 0 Å². The maximum absolute atomic E-state index is 10.7. The Bertz CT molecular complexity index is 570. The van der Waals surface area contributed by atoms with Crippen LogP contribution in [0.2, 0.25) is 0 Å². The second-order valence-corrected chi connectivity index (χ2v) is 5.32. The summed E-state index contributed by atoms with van der Waals surface area (Å²) in [4.78, 5) is 12.2. The first-order chi connectivity index (χ1) is 8.63. The molecule has 0 unspecified atom stereocenters. The van der Waals surface area contributed by atoms with Crippen LogP contribution in [0, 0.1) is 0 Å². The largest absolute Gasteiger partial charge is 0.329 e. The first-order valence-corrected chi connectivity index (χ1v) is 6.71. The minimum absolute atomic E-state index is 0.346. The summed E-state index contributed by atoms with van der Waals surface area (Å²) >= 11 is 6.87. The Morgan fingerprint density at radius 3 is 2.78 bits per heavy atom. The van der Waals surface area contributed by atoms with Gasteiger partial charge in [0.15, 0.2) is 4.60 Å². The first-order valence-electron chi connectivity index (χ1n) is 5.13. The van der Waals surface area contributed by atoms with Crippen LogP contribution in [0.1, 0.15) is 0 Å². The number of carbonyl (C=O) groups is 1. The van der Waals surface area contributed by atoms with E-state index in [1.165, 1.54) is 4.90 Å². The van der Waals surface area contributed by atoms with Gasteiger partial charge in [-0.3, -0.25) is 4.79 Å². The van der Waals surface area contributed by atoms with Crippen LogP contribution < -0.4 is 0 Å². The molecule has 0 spiro atoms.